The first-order valence-electron chi connectivity index (χ1n) is 11.1. The summed E-state index contributed by atoms with van der Waals surface area (Å²) in [6, 6.07) is 10.6. The van der Waals surface area contributed by atoms with Crippen LogP contribution in [0.2, 0.25) is 0 Å². The smallest absolute Gasteiger partial charge is 0.223 e. The lowest BCUT2D eigenvalue weighted by Crippen LogP contribution is -2.46. The van der Waals surface area contributed by atoms with Crippen molar-refractivity contribution < 1.29 is 4.79 Å². The molecule has 0 spiro atoms. The van der Waals surface area contributed by atoms with Crippen molar-refractivity contribution in [1.29, 1.82) is 0 Å². The van der Waals surface area contributed by atoms with Crippen molar-refractivity contribution in [1.82, 2.24) is 15.3 Å². The number of anilines is 1. The van der Waals surface area contributed by atoms with E-state index in [1.165, 1.54) is 19.3 Å². The van der Waals surface area contributed by atoms with Crippen LogP contribution in [0.1, 0.15) is 44.9 Å². The van der Waals surface area contributed by atoms with Crippen LogP contribution < -0.4 is 10.2 Å². The maximum atomic E-state index is 12.6. The molecule has 2 fully saturated rings. The highest BCUT2D eigenvalue weighted by atomic mass is 32.1. The fourth-order valence-electron chi connectivity index (χ4n) is 4.74. The molecule has 6 heteroatoms. The summed E-state index contributed by atoms with van der Waals surface area (Å²) in [5.74, 6) is 2.31. The highest BCUT2D eigenvalue weighted by Gasteiger charge is 2.27. The normalized spacial score (nSPS) is 18.6. The zero-order valence-electron chi connectivity index (χ0n) is 17.2. The van der Waals surface area contributed by atoms with E-state index in [0.717, 1.165) is 66.9 Å². The van der Waals surface area contributed by atoms with Gasteiger partial charge in [-0.05, 0) is 49.3 Å². The number of rotatable bonds is 4. The number of carbonyl (C=O) groups is 1. The Morgan fingerprint density at radius 3 is 2.57 bits per heavy atom. The molecule has 1 amide bonds. The Morgan fingerprint density at radius 1 is 1.00 bits per heavy atom. The van der Waals surface area contributed by atoms with E-state index in [9.17, 15) is 4.79 Å². The van der Waals surface area contributed by atoms with Gasteiger partial charge in [0, 0.05) is 41.4 Å². The predicted molar refractivity (Wildman–Crippen MR) is 123 cm³/mol. The molecule has 2 aliphatic rings. The number of para-hydroxylation sites is 1. The van der Waals surface area contributed by atoms with Crippen LogP contribution in [0.25, 0.3) is 22.3 Å². The Hall–Kier alpha value is -2.47. The molecule has 156 valence electrons. The van der Waals surface area contributed by atoms with Crippen LogP contribution >= 0.6 is 11.3 Å². The SMILES string of the molecule is O=C(NC1CCN(c2nc(-c3ccsc3)nc3ccccc23)CC1)C1CCCCC1. The minimum absolute atomic E-state index is 0.232. The van der Waals surface area contributed by atoms with E-state index in [2.05, 4.69) is 45.2 Å². The third-order valence-corrected chi connectivity index (χ3v) is 7.16. The first-order valence-corrected chi connectivity index (χ1v) is 12.1. The average Bonchev–Trinajstić information content (AvgIpc) is 3.35. The van der Waals surface area contributed by atoms with Crippen LogP contribution in [0.15, 0.2) is 41.1 Å². The summed E-state index contributed by atoms with van der Waals surface area (Å²) < 4.78 is 0. The summed E-state index contributed by atoms with van der Waals surface area (Å²) in [7, 11) is 0. The monoisotopic (exact) mass is 420 g/mol. The lowest BCUT2D eigenvalue weighted by Gasteiger charge is -2.34. The third-order valence-electron chi connectivity index (χ3n) is 6.48. The van der Waals surface area contributed by atoms with Crippen molar-refractivity contribution in [2.45, 2.75) is 51.0 Å². The summed E-state index contributed by atoms with van der Waals surface area (Å²) in [5, 5.41) is 8.59. The Morgan fingerprint density at radius 2 is 1.80 bits per heavy atom. The summed E-state index contributed by atoms with van der Waals surface area (Å²) in [4.78, 5) is 24.7. The average molecular weight is 421 g/mol. The molecule has 0 unspecified atom stereocenters. The number of thiophene rings is 1. The largest absolute Gasteiger partial charge is 0.356 e. The van der Waals surface area contributed by atoms with Gasteiger partial charge in [0.1, 0.15) is 5.82 Å². The molecule has 3 aromatic rings. The summed E-state index contributed by atoms with van der Waals surface area (Å²) in [6.45, 7) is 1.80. The van der Waals surface area contributed by atoms with Gasteiger partial charge in [-0.1, -0.05) is 31.4 Å². The van der Waals surface area contributed by atoms with Crippen molar-refractivity contribution in [3.05, 3.63) is 41.1 Å². The Balaban J connectivity index is 1.31. The van der Waals surface area contributed by atoms with Crippen molar-refractivity contribution in [3.63, 3.8) is 0 Å². The van der Waals surface area contributed by atoms with Gasteiger partial charge in [0.25, 0.3) is 0 Å². The van der Waals surface area contributed by atoms with Gasteiger partial charge >= 0.3 is 0 Å². The number of amides is 1. The highest BCUT2D eigenvalue weighted by molar-refractivity contribution is 7.08. The fraction of sp³-hybridized carbons (Fsp3) is 0.458. The Bertz CT molecular complexity index is 1010. The second kappa shape index (κ2) is 8.72. The summed E-state index contributed by atoms with van der Waals surface area (Å²) >= 11 is 1.67. The Kier molecular flexibility index (Phi) is 5.67. The second-order valence-corrected chi connectivity index (χ2v) is 9.28. The van der Waals surface area contributed by atoms with Crippen molar-refractivity contribution in [2.24, 2.45) is 5.92 Å². The lowest BCUT2D eigenvalue weighted by atomic mass is 9.88. The molecule has 1 aliphatic carbocycles. The van der Waals surface area contributed by atoms with Crippen LogP contribution in [0.5, 0.6) is 0 Å². The molecule has 0 bridgehead atoms. The molecule has 30 heavy (non-hydrogen) atoms. The number of aromatic nitrogens is 2. The van der Waals surface area contributed by atoms with Crippen molar-refractivity contribution in [3.8, 4) is 11.4 Å². The molecule has 1 aromatic carbocycles. The zero-order valence-corrected chi connectivity index (χ0v) is 18.0. The van der Waals surface area contributed by atoms with Crippen LogP contribution in [0.3, 0.4) is 0 Å². The van der Waals surface area contributed by atoms with Crippen LogP contribution in [0.4, 0.5) is 5.82 Å². The van der Waals surface area contributed by atoms with Gasteiger partial charge in [-0.3, -0.25) is 4.79 Å². The minimum Gasteiger partial charge on any atom is -0.356 e. The highest BCUT2D eigenvalue weighted by Crippen LogP contribution is 2.30. The van der Waals surface area contributed by atoms with E-state index in [-0.39, 0.29) is 17.9 Å². The number of hydrogen-bond donors (Lipinski definition) is 1. The van der Waals surface area contributed by atoms with E-state index in [0.29, 0.717) is 0 Å². The first-order chi connectivity index (χ1) is 14.8. The number of carbonyl (C=O) groups excluding carboxylic acids is 1. The summed E-state index contributed by atoms with van der Waals surface area (Å²) in [5.41, 5.74) is 2.05. The molecule has 0 radical (unpaired) electrons. The minimum atomic E-state index is 0.232. The van der Waals surface area contributed by atoms with E-state index in [1.807, 2.05) is 6.07 Å². The maximum Gasteiger partial charge on any atom is 0.223 e. The number of nitrogens with zero attached hydrogens (tertiary/aromatic N) is 3. The van der Waals surface area contributed by atoms with E-state index in [4.69, 9.17) is 9.97 Å². The maximum absolute atomic E-state index is 12.6. The standard InChI is InChI=1S/C24H28N4OS/c29-24(17-6-2-1-3-7-17)25-19-10-13-28(14-11-19)23-20-8-4-5-9-21(20)26-22(27-23)18-12-15-30-16-18/h4-5,8-9,12,15-17,19H,1-3,6-7,10-11,13-14H2,(H,25,29). The third kappa shape index (κ3) is 4.06. The van der Waals surface area contributed by atoms with Gasteiger partial charge in [-0.15, -0.1) is 0 Å². The molecule has 5 rings (SSSR count). The molecule has 5 nitrogen and oxygen atoms in total. The van der Waals surface area contributed by atoms with Gasteiger partial charge in [0.15, 0.2) is 5.82 Å². The van der Waals surface area contributed by atoms with Crippen LogP contribution in [-0.2, 0) is 4.79 Å². The fourth-order valence-corrected chi connectivity index (χ4v) is 5.38. The number of benzene rings is 1. The van der Waals surface area contributed by atoms with Gasteiger partial charge in [-0.25, -0.2) is 9.97 Å². The molecule has 1 saturated heterocycles. The number of fused-ring (bicyclic) bond motifs is 1. The quantitative estimate of drug-likeness (QED) is 0.644. The van der Waals surface area contributed by atoms with Gasteiger partial charge in [-0.2, -0.15) is 11.3 Å². The topological polar surface area (TPSA) is 58.1 Å². The van der Waals surface area contributed by atoms with Crippen molar-refractivity contribution in [2.75, 3.05) is 18.0 Å². The molecule has 0 atom stereocenters. The number of piperidine rings is 1. The Labute approximate surface area is 181 Å². The number of hydrogen-bond acceptors (Lipinski definition) is 5. The second-order valence-electron chi connectivity index (χ2n) is 8.50. The van der Waals surface area contributed by atoms with Crippen LogP contribution in [0, 0.1) is 5.92 Å². The predicted octanol–water partition coefficient (Wildman–Crippen LogP) is 5.02. The van der Waals surface area contributed by atoms with E-state index >= 15 is 0 Å². The van der Waals surface area contributed by atoms with E-state index in [1.54, 1.807) is 11.3 Å². The number of nitrogens with one attached hydrogen (secondary N) is 1. The lowest BCUT2D eigenvalue weighted by molar-refractivity contribution is -0.126. The molecule has 1 N–H and O–H groups in total. The molecule has 2 aromatic heterocycles. The molecular weight excluding hydrogens is 392 g/mol. The molecule has 3 heterocycles. The molecular formula is C24H28N4OS. The molecule has 1 aliphatic heterocycles. The van der Waals surface area contributed by atoms with Crippen LogP contribution in [-0.4, -0.2) is 35.0 Å². The summed E-state index contributed by atoms with van der Waals surface area (Å²) in [6.07, 6.45) is 7.72. The van der Waals surface area contributed by atoms with Gasteiger partial charge < -0.3 is 10.2 Å². The van der Waals surface area contributed by atoms with E-state index < -0.39 is 0 Å². The van der Waals surface area contributed by atoms with Gasteiger partial charge in [0.2, 0.25) is 5.91 Å². The van der Waals surface area contributed by atoms with Gasteiger partial charge in [0.05, 0.1) is 5.52 Å². The van der Waals surface area contributed by atoms with Crippen molar-refractivity contribution >= 4 is 34.0 Å². The molecule has 1 saturated carbocycles. The zero-order chi connectivity index (χ0) is 20.3. The first kappa shape index (κ1) is 19.5.